The number of aromatic nitrogens is 1. The van der Waals surface area contributed by atoms with Gasteiger partial charge in [0, 0.05) is 42.7 Å². The number of fused-ring (bicyclic) bond motifs is 6. The van der Waals surface area contributed by atoms with Crippen molar-refractivity contribution in [3.8, 4) is 5.75 Å². The maximum absolute atomic E-state index is 14.1. The molecule has 0 saturated carbocycles. The molecule has 5 rings (SSSR count). The summed E-state index contributed by atoms with van der Waals surface area (Å²) >= 11 is 0. The fourth-order valence-corrected chi connectivity index (χ4v) is 6.02. The molecule has 2 aromatic carbocycles. The van der Waals surface area contributed by atoms with Crippen LogP contribution in [-0.2, 0) is 23.3 Å². The molecule has 2 bridgehead atoms. The van der Waals surface area contributed by atoms with Crippen LogP contribution < -0.4 is 5.32 Å². The van der Waals surface area contributed by atoms with Crippen LogP contribution in [-0.4, -0.2) is 24.1 Å². The van der Waals surface area contributed by atoms with Crippen molar-refractivity contribution >= 4 is 37.7 Å². The van der Waals surface area contributed by atoms with Crippen molar-refractivity contribution in [3.63, 3.8) is 0 Å². The van der Waals surface area contributed by atoms with Crippen molar-refractivity contribution in [2.24, 2.45) is 7.05 Å². The van der Waals surface area contributed by atoms with Crippen molar-refractivity contribution in [2.45, 2.75) is 41.1 Å². The van der Waals surface area contributed by atoms with Crippen molar-refractivity contribution < 1.29 is 17.9 Å². The van der Waals surface area contributed by atoms with E-state index in [0.717, 1.165) is 42.0 Å². The van der Waals surface area contributed by atoms with Gasteiger partial charge in [0.05, 0.1) is 10.4 Å². The van der Waals surface area contributed by atoms with Gasteiger partial charge in [-0.3, -0.25) is 0 Å². The van der Waals surface area contributed by atoms with E-state index < -0.39 is 15.7 Å². The first-order valence-electron chi connectivity index (χ1n) is 8.97. The molecule has 0 spiro atoms. The van der Waals surface area contributed by atoms with Crippen LogP contribution in [0.15, 0.2) is 46.2 Å². The van der Waals surface area contributed by atoms with Crippen LogP contribution in [0.25, 0.3) is 10.9 Å². The number of phenols is 1. The highest BCUT2D eigenvalue weighted by molar-refractivity contribution is 8.93. The highest BCUT2D eigenvalue weighted by Crippen LogP contribution is 2.44. The molecular formula is C20H20BrFN2O3S. The van der Waals surface area contributed by atoms with Crippen molar-refractivity contribution in [3.05, 3.63) is 53.5 Å². The minimum atomic E-state index is -4.08. The molecule has 5 nitrogen and oxygen atoms in total. The van der Waals surface area contributed by atoms with Crippen LogP contribution in [0.3, 0.4) is 0 Å². The molecule has 0 amide bonds. The summed E-state index contributed by atoms with van der Waals surface area (Å²) in [5, 5.41) is 14.9. The smallest absolute Gasteiger partial charge is 0.209 e. The van der Waals surface area contributed by atoms with Crippen LogP contribution in [0.4, 0.5) is 4.39 Å². The summed E-state index contributed by atoms with van der Waals surface area (Å²) in [6.45, 7) is 0. The second kappa shape index (κ2) is 6.57. The Bertz CT molecular complexity index is 1210. The molecule has 1 fully saturated rings. The molecule has 0 aliphatic carbocycles. The molecule has 2 aliphatic rings. The number of aryl methyl sites for hydroxylation is 1. The average molecular weight is 467 g/mol. The van der Waals surface area contributed by atoms with Crippen LogP contribution in [0, 0.1) is 5.82 Å². The number of benzene rings is 2. The highest BCUT2D eigenvalue weighted by Gasteiger charge is 2.37. The SMILES string of the molecule is Br.Cn1c2c(c3cc(S(=O)(=O)c4ccccc4F)cc(O)c31)C1CCC(C2)N1. The van der Waals surface area contributed by atoms with Crippen LogP contribution in [0.5, 0.6) is 5.75 Å². The third-order valence-corrected chi connectivity index (χ3v) is 7.64. The standard InChI is InChI=1S/C20H19FN2O3S.BrH/c1-23-16-8-11-6-7-15(22-11)19(16)13-9-12(10-17(24)20(13)23)27(25,26)18-5-3-2-4-14(18)21;/h2-5,9-11,15,22,24H,6-8H2,1H3;1H. The number of hydrogen-bond donors (Lipinski definition) is 2. The Morgan fingerprint density at radius 3 is 2.71 bits per heavy atom. The lowest BCUT2D eigenvalue weighted by atomic mass is 9.99. The lowest BCUT2D eigenvalue weighted by Crippen LogP contribution is -2.32. The summed E-state index contributed by atoms with van der Waals surface area (Å²) < 4.78 is 42.1. The predicted octanol–water partition coefficient (Wildman–Crippen LogP) is 3.78. The minimum Gasteiger partial charge on any atom is -0.506 e. The summed E-state index contributed by atoms with van der Waals surface area (Å²) in [5.74, 6) is -0.900. The molecule has 2 aliphatic heterocycles. The van der Waals surface area contributed by atoms with Gasteiger partial charge in [0.2, 0.25) is 9.84 Å². The van der Waals surface area contributed by atoms with Crippen molar-refractivity contribution in [2.75, 3.05) is 0 Å². The summed E-state index contributed by atoms with van der Waals surface area (Å²) in [7, 11) is -2.18. The van der Waals surface area contributed by atoms with E-state index in [-0.39, 0.29) is 38.6 Å². The molecule has 3 heterocycles. The van der Waals surface area contributed by atoms with Gasteiger partial charge in [-0.25, -0.2) is 12.8 Å². The second-order valence-corrected chi connectivity index (χ2v) is 9.31. The van der Waals surface area contributed by atoms with Gasteiger partial charge in [0.25, 0.3) is 0 Å². The number of phenolic OH excluding ortho intramolecular Hbond substituents is 1. The number of rotatable bonds is 2. The third-order valence-electron chi connectivity index (χ3n) is 5.87. The van der Waals surface area contributed by atoms with E-state index in [1.54, 1.807) is 6.07 Å². The van der Waals surface area contributed by atoms with E-state index in [9.17, 15) is 17.9 Å². The van der Waals surface area contributed by atoms with E-state index in [0.29, 0.717) is 11.6 Å². The molecule has 2 N–H and O–H groups in total. The molecule has 148 valence electrons. The fraction of sp³-hybridized carbons (Fsp3) is 0.300. The van der Waals surface area contributed by atoms with Gasteiger partial charge in [0.15, 0.2) is 0 Å². The fourth-order valence-electron chi connectivity index (χ4n) is 4.64. The molecule has 2 atom stereocenters. The number of nitrogens with one attached hydrogen (secondary N) is 1. The van der Waals surface area contributed by atoms with Gasteiger partial charge >= 0.3 is 0 Å². The largest absolute Gasteiger partial charge is 0.506 e. The summed E-state index contributed by atoms with van der Waals surface area (Å²) in [5.41, 5.74) is 2.82. The number of aromatic hydroxyl groups is 1. The van der Waals surface area contributed by atoms with Gasteiger partial charge in [0.1, 0.15) is 16.5 Å². The van der Waals surface area contributed by atoms with E-state index in [1.807, 2.05) is 11.6 Å². The zero-order chi connectivity index (χ0) is 18.9. The number of sulfone groups is 1. The van der Waals surface area contributed by atoms with Crippen LogP contribution in [0.2, 0.25) is 0 Å². The van der Waals surface area contributed by atoms with Crippen LogP contribution >= 0.6 is 17.0 Å². The van der Waals surface area contributed by atoms with Gasteiger partial charge in [-0.2, -0.15) is 0 Å². The summed E-state index contributed by atoms with van der Waals surface area (Å²) in [6, 6.07) is 8.69. The highest BCUT2D eigenvalue weighted by atomic mass is 79.9. The van der Waals surface area contributed by atoms with Crippen molar-refractivity contribution in [1.29, 1.82) is 0 Å². The first kappa shape index (κ1) is 19.4. The normalized spacial score (nSPS) is 20.8. The Labute approximate surface area is 172 Å². The quantitative estimate of drug-likeness (QED) is 0.602. The number of hydrogen-bond acceptors (Lipinski definition) is 4. The molecule has 0 radical (unpaired) electrons. The number of nitrogens with zero attached hydrogens (tertiary/aromatic N) is 1. The maximum atomic E-state index is 14.1. The molecule has 1 aromatic heterocycles. The van der Waals surface area contributed by atoms with E-state index in [2.05, 4.69) is 5.32 Å². The molecule has 1 saturated heterocycles. The maximum Gasteiger partial charge on any atom is 0.209 e. The van der Waals surface area contributed by atoms with E-state index >= 15 is 0 Å². The molecule has 8 heteroatoms. The zero-order valence-corrected chi connectivity index (χ0v) is 17.7. The summed E-state index contributed by atoms with van der Waals surface area (Å²) in [4.78, 5) is -0.473. The van der Waals surface area contributed by atoms with Gasteiger partial charge in [-0.15, -0.1) is 17.0 Å². The Kier molecular flexibility index (Phi) is 4.56. The van der Waals surface area contributed by atoms with Gasteiger partial charge < -0.3 is 15.0 Å². The first-order chi connectivity index (χ1) is 12.9. The predicted molar refractivity (Wildman–Crippen MR) is 109 cm³/mol. The molecule has 28 heavy (non-hydrogen) atoms. The number of halogens is 2. The van der Waals surface area contributed by atoms with E-state index in [4.69, 9.17) is 0 Å². The monoisotopic (exact) mass is 466 g/mol. The Balaban J connectivity index is 0.00000192. The van der Waals surface area contributed by atoms with Gasteiger partial charge in [-0.05, 0) is 36.6 Å². The molecule has 3 aromatic rings. The first-order valence-corrected chi connectivity index (χ1v) is 10.5. The van der Waals surface area contributed by atoms with Gasteiger partial charge in [-0.1, -0.05) is 12.1 Å². The lowest BCUT2D eigenvalue weighted by Gasteiger charge is -2.23. The summed E-state index contributed by atoms with van der Waals surface area (Å²) in [6.07, 6.45) is 2.92. The Morgan fingerprint density at radius 2 is 1.96 bits per heavy atom. The molecule has 2 unspecified atom stereocenters. The topological polar surface area (TPSA) is 71.3 Å². The van der Waals surface area contributed by atoms with E-state index in [1.165, 1.54) is 24.3 Å². The third kappa shape index (κ3) is 2.62. The van der Waals surface area contributed by atoms with Crippen molar-refractivity contribution in [1.82, 2.24) is 9.88 Å². The second-order valence-electron chi connectivity index (χ2n) is 7.39. The van der Waals surface area contributed by atoms with Crippen LogP contribution in [0.1, 0.15) is 30.1 Å². The molecular weight excluding hydrogens is 447 g/mol. The Morgan fingerprint density at radius 1 is 1.21 bits per heavy atom. The lowest BCUT2D eigenvalue weighted by molar-refractivity contribution is 0.475. The Hall–Kier alpha value is -1.90. The average Bonchev–Trinajstić information content (AvgIpc) is 3.15. The zero-order valence-electron chi connectivity index (χ0n) is 15.1. The minimum absolute atomic E-state index is 0.